The fourth-order valence-corrected chi connectivity index (χ4v) is 1.88. The molecule has 80 valence electrons. The highest BCUT2D eigenvalue weighted by Crippen LogP contribution is 2.19. The van der Waals surface area contributed by atoms with E-state index in [1.54, 1.807) is 0 Å². The van der Waals surface area contributed by atoms with Gasteiger partial charge in [0.2, 0.25) is 0 Å². The second kappa shape index (κ2) is 4.60. The van der Waals surface area contributed by atoms with Crippen molar-refractivity contribution in [2.75, 3.05) is 0 Å². The molecule has 0 aromatic carbocycles. The molecule has 14 heavy (non-hydrogen) atoms. The van der Waals surface area contributed by atoms with E-state index in [4.69, 9.17) is 5.73 Å². The van der Waals surface area contributed by atoms with Crippen LogP contribution in [0.4, 0.5) is 0 Å². The van der Waals surface area contributed by atoms with Gasteiger partial charge in [0.1, 0.15) is 0 Å². The van der Waals surface area contributed by atoms with Crippen LogP contribution in [0.3, 0.4) is 0 Å². The van der Waals surface area contributed by atoms with Crippen LogP contribution in [0.5, 0.6) is 0 Å². The second-order valence-corrected chi connectivity index (χ2v) is 4.49. The predicted molar refractivity (Wildman–Crippen MR) is 58.9 cm³/mol. The highest BCUT2D eigenvalue weighted by atomic mass is 15.2. The number of aryl methyl sites for hydroxylation is 1. The molecule has 0 fully saturated rings. The lowest BCUT2D eigenvalue weighted by molar-refractivity contribution is 0.330. The molecule has 1 aromatic heterocycles. The summed E-state index contributed by atoms with van der Waals surface area (Å²) in [5.74, 6) is 1.16. The van der Waals surface area contributed by atoms with E-state index < -0.39 is 0 Å². The minimum atomic E-state index is 0.246. The van der Waals surface area contributed by atoms with Crippen LogP contribution >= 0.6 is 0 Å². The first-order chi connectivity index (χ1) is 6.50. The van der Waals surface area contributed by atoms with Gasteiger partial charge in [-0.1, -0.05) is 13.8 Å². The van der Waals surface area contributed by atoms with Gasteiger partial charge in [0.25, 0.3) is 0 Å². The molecule has 2 atom stereocenters. The average molecular weight is 195 g/mol. The molecule has 3 heteroatoms. The largest absolute Gasteiger partial charge is 0.328 e. The van der Waals surface area contributed by atoms with Crippen molar-refractivity contribution in [2.24, 2.45) is 24.6 Å². The lowest BCUT2D eigenvalue weighted by atomic mass is 9.85. The summed E-state index contributed by atoms with van der Waals surface area (Å²) < 4.78 is 1.84. The van der Waals surface area contributed by atoms with Gasteiger partial charge in [-0.3, -0.25) is 4.68 Å². The number of rotatable bonds is 4. The van der Waals surface area contributed by atoms with Crippen LogP contribution in [0.25, 0.3) is 0 Å². The molecule has 0 aliphatic heterocycles. The zero-order valence-electron chi connectivity index (χ0n) is 9.57. The fourth-order valence-electron chi connectivity index (χ4n) is 1.88. The summed E-state index contributed by atoms with van der Waals surface area (Å²) in [7, 11) is 1.94. The smallest absolute Gasteiger partial charge is 0.0521 e. The number of hydrogen-bond donors (Lipinski definition) is 1. The molecule has 3 nitrogen and oxygen atoms in total. The number of hydrogen-bond acceptors (Lipinski definition) is 2. The van der Waals surface area contributed by atoms with Crippen molar-refractivity contribution in [2.45, 2.75) is 33.2 Å². The molecular formula is C11H21N3. The SMILES string of the molecule is CC(C)C(Cc1cnn(C)c1)C(C)N. The Morgan fingerprint density at radius 3 is 2.43 bits per heavy atom. The molecule has 0 aliphatic rings. The molecule has 0 saturated heterocycles. The Balaban J connectivity index is 2.64. The van der Waals surface area contributed by atoms with Crippen molar-refractivity contribution < 1.29 is 0 Å². The van der Waals surface area contributed by atoms with Crippen molar-refractivity contribution in [1.82, 2.24) is 9.78 Å². The zero-order valence-corrected chi connectivity index (χ0v) is 9.57. The summed E-state index contributed by atoms with van der Waals surface area (Å²) in [6.07, 6.45) is 5.03. The highest BCUT2D eigenvalue weighted by molar-refractivity contribution is 5.05. The Kier molecular flexibility index (Phi) is 3.69. The van der Waals surface area contributed by atoms with E-state index in [1.165, 1.54) is 5.56 Å². The Bertz CT molecular complexity index is 268. The molecular weight excluding hydrogens is 174 g/mol. The molecule has 2 unspecified atom stereocenters. The average Bonchev–Trinajstić information content (AvgIpc) is 2.46. The number of aromatic nitrogens is 2. The van der Waals surface area contributed by atoms with Crippen molar-refractivity contribution in [3.05, 3.63) is 18.0 Å². The van der Waals surface area contributed by atoms with E-state index in [0.717, 1.165) is 6.42 Å². The summed E-state index contributed by atoms with van der Waals surface area (Å²) in [5, 5.41) is 4.16. The summed E-state index contributed by atoms with van der Waals surface area (Å²) >= 11 is 0. The van der Waals surface area contributed by atoms with Gasteiger partial charge in [0.15, 0.2) is 0 Å². The van der Waals surface area contributed by atoms with Crippen molar-refractivity contribution in [3.63, 3.8) is 0 Å². The van der Waals surface area contributed by atoms with Gasteiger partial charge in [-0.2, -0.15) is 5.10 Å². The van der Waals surface area contributed by atoms with E-state index in [1.807, 2.05) is 17.9 Å². The van der Waals surface area contributed by atoms with Crippen molar-refractivity contribution >= 4 is 0 Å². The lowest BCUT2D eigenvalue weighted by Crippen LogP contribution is -2.32. The topological polar surface area (TPSA) is 43.8 Å². The maximum atomic E-state index is 5.97. The van der Waals surface area contributed by atoms with Crippen molar-refractivity contribution in [3.8, 4) is 0 Å². The lowest BCUT2D eigenvalue weighted by Gasteiger charge is -2.23. The van der Waals surface area contributed by atoms with Crippen LogP contribution in [0.15, 0.2) is 12.4 Å². The minimum Gasteiger partial charge on any atom is -0.328 e. The van der Waals surface area contributed by atoms with E-state index in [2.05, 4.69) is 32.1 Å². The van der Waals surface area contributed by atoms with E-state index in [9.17, 15) is 0 Å². The van der Waals surface area contributed by atoms with Crippen molar-refractivity contribution in [1.29, 1.82) is 0 Å². The summed E-state index contributed by atoms with van der Waals surface area (Å²) in [4.78, 5) is 0. The molecule has 0 spiro atoms. The molecule has 0 bridgehead atoms. The number of nitrogens with two attached hydrogens (primary N) is 1. The first-order valence-corrected chi connectivity index (χ1v) is 5.23. The van der Waals surface area contributed by atoms with Crippen LogP contribution in [-0.4, -0.2) is 15.8 Å². The van der Waals surface area contributed by atoms with Crippen LogP contribution in [0.2, 0.25) is 0 Å². The highest BCUT2D eigenvalue weighted by Gasteiger charge is 2.18. The summed E-state index contributed by atoms with van der Waals surface area (Å²) in [5.41, 5.74) is 7.25. The first kappa shape index (κ1) is 11.2. The molecule has 1 aromatic rings. The quantitative estimate of drug-likeness (QED) is 0.792. The molecule has 0 amide bonds. The monoisotopic (exact) mass is 195 g/mol. The Morgan fingerprint density at radius 2 is 2.07 bits per heavy atom. The standard InChI is InChI=1S/C11H21N3/c1-8(2)11(9(3)12)5-10-6-13-14(4)7-10/h6-9,11H,5,12H2,1-4H3. The van der Waals surface area contributed by atoms with Crippen LogP contribution < -0.4 is 5.73 Å². The van der Waals surface area contributed by atoms with E-state index >= 15 is 0 Å². The zero-order chi connectivity index (χ0) is 10.7. The van der Waals surface area contributed by atoms with E-state index in [-0.39, 0.29) is 6.04 Å². The van der Waals surface area contributed by atoms with Gasteiger partial charge < -0.3 is 5.73 Å². The van der Waals surface area contributed by atoms with Gasteiger partial charge in [-0.25, -0.2) is 0 Å². The maximum Gasteiger partial charge on any atom is 0.0521 e. The minimum absolute atomic E-state index is 0.246. The molecule has 0 radical (unpaired) electrons. The number of nitrogens with zero attached hydrogens (tertiary/aromatic N) is 2. The van der Waals surface area contributed by atoms with E-state index in [0.29, 0.717) is 11.8 Å². The normalized spacial score (nSPS) is 15.9. The third kappa shape index (κ3) is 2.84. The van der Waals surface area contributed by atoms with Gasteiger partial charge in [-0.05, 0) is 30.7 Å². The van der Waals surface area contributed by atoms with Gasteiger partial charge in [0, 0.05) is 19.3 Å². The first-order valence-electron chi connectivity index (χ1n) is 5.23. The predicted octanol–water partition coefficient (Wildman–Crippen LogP) is 1.58. The fraction of sp³-hybridized carbons (Fsp3) is 0.727. The van der Waals surface area contributed by atoms with Gasteiger partial charge >= 0.3 is 0 Å². The Hall–Kier alpha value is -0.830. The van der Waals surface area contributed by atoms with Crippen LogP contribution in [0.1, 0.15) is 26.3 Å². The Labute approximate surface area is 86.3 Å². The molecule has 0 saturated carbocycles. The maximum absolute atomic E-state index is 5.97. The molecule has 2 N–H and O–H groups in total. The van der Waals surface area contributed by atoms with Gasteiger partial charge in [-0.15, -0.1) is 0 Å². The third-order valence-corrected chi connectivity index (χ3v) is 2.76. The van der Waals surface area contributed by atoms with Crippen LogP contribution in [0, 0.1) is 11.8 Å². The molecule has 1 rings (SSSR count). The summed E-state index contributed by atoms with van der Waals surface area (Å²) in [6, 6.07) is 0.246. The summed E-state index contributed by atoms with van der Waals surface area (Å²) in [6.45, 7) is 6.54. The molecule has 1 heterocycles. The second-order valence-electron chi connectivity index (χ2n) is 4.49. The van der Waals surface area contributed by atoms with Gasteiger partial charge in [0.05, 0.1) is 6.20 Å². The van der Waals surface area contributed by atoms with Crippen LogP contribution in [-0.2, 0) is 13.5 Å². The third-order valence-electron chi connectivity index (χ3n) is 2.76. The molecule has 0 aliphatic carbocycles. The Morgan fingerprint density at radius 1 is 1.43 bits per heavy atom.